The first-order valence-electron chi connectivity index (χ1n) is 7.23. The van der Waals surface area contributed by atoms with E-state index in [-0.39, 0.29) is 22.9 Å². The Hall–Kier alpha value is -2.00. The molecule has 1 fully saturated rings. The zero-order chi connectivity index (χ0) is 17.9. The quantitative estimate of drug-likeness (QED) is 0.581. The van der Waals surface area contributed by atoms with Gasteiger partial charge in [-0.15, -0.1) is 0 Å². The third-order valence-electron chi connectivity index (χ3n) is 3.53. The number of anilines is 1. The van der Waals surface area contributed by atoms with Gasteiger partial charge in [-0.3, -0.25) is 4.79 Å². The lowest BCUT2D eigenvalue weighted by Gasteiger charge is -2.17. The van der Waals surface area contributed by atoms with Gasteiger partial charge in [0, 0.05) is 11.1 Å². The van der Waals surface area contributed by atoms with Crippen molar-refractivity contribution in [3.8, 4) is 5.75 Å². The summed E-state index contributed by atoms with van der Waals surface area (Å²) in [5.41, 5.74) is 0.128. The van der Waals surface area contributed by atoms with Crippen LogP contribution in [0.15, 0.2) is 18.2 Å². The monoisotopic (exact) mass is 375 g/mol. The lowest BCUT2D eigenvalue weighted by atomic mass is 10.2. The molecule has 1 heterocycles. The fraction of sp³-hybridized carbons (Fsp3) is 0.429. The Bertz CT molecular complexity index is 753. The number of nitrogens with one attached hydrogen (secondary N) is 3. The van der Waals surface area contributed by atoms with Crippen LogP contribution in [0, 0.1) is 0 Å². The first-order valence-corrected chi connectivity index (χ1v) is 9.43. The fourth-order valence-electron chi connectivity index (χ4n) is 2.25. The highest BCUT2D eigenvalue weighted by molar-refractivity contribution is 7.91. The summed E-state index contributed by atoms with van der Waals surface area (Å²) in [6.07, 6.45) is 0.354. The van der Waals surface area contributed by atoms with Crippen molar-refractivity contribution in [2.45, 2.75) is 25.4 Å². The normalized spacial score (nSPS) is 20.2. The summed E-state index contributed by atoms with van der Waals surface area (Å²) in [7, 11) is -3.10. The maximum atomic E-state index is 12.0. The molecule has 1 aliphatic heterocycles. The number of rotatable bonds is 4. The van der Waals surface area contributed by atoms with E-state index in [9.17, 15) is 23.1 Å². The summed E-state index contributed by atoms with van der Waals surface area (Å²) >= 11 is 5.79. The summed E-state index contributed by atoms with van der Waals surface area (Å²) in [4.78, 5) is 23.9. The summed E-state index contributed by atoms with van der Waals surface area (Å²) in [6, 6.07) is 2.20. The van der Waals surface area contributed by atoms with E-state index >= 15 is 0 Å². The van der Waals surface area contributed by atoms with E-state index in [1.54, 1.807) is 0 Å². The zero-order valence-electron chi connectivity index (χ0n) is 12.9. The van der Waals surface area contributed by atoms with E-state index in [1.165, 1.54) is 25.1 Å². The van der Waals surface area contributed by atoms with Crippen LogP contribution in [0.25, 0.3) is 0 Å². The highest BCUT2D eigenvalue weighted by Gasteiger charge is 2.29. The first kappa shape index (κ1) is 18.3. The minimum Gasteiger partial charge on any atom is -0.506 e. The van der Waals surface area contributed by atoms with E-state index in [1.807, 2.05) is 0 Å². The number of hydrogen-bond donors (Lipinski definition) is 4. The third kappa shape index (κ3) is 5.00. The molecule has 0 saturated carbocycles. The smallest absolute Gasteiger partial charge is 0.315 e. The number of amides is 3. The molecule has 10 heteroatoms. The van der Waals surface area contributed by atoms with Gasteiger partial charge in [0.1, 0.15) is 11.8 Å². The number of benzene rings is 1. The Balaban J connectivity index is 1.87. The maximum Gasteiger partial charge on any atom is 0.315 e. The standard InChI is InChI=1S/C14H18ClN3O5S/c1-8(13(20)18-11-6-9(15)2-3-12(11)19)16-14(21)17-10-4-5-24(22,23)7-10/h2-3,6,8,10,19H,4-5,7H2,1H3,(H,18,20)(H2,16,17,21)/t8-,10+/m0/s1. The van der Waals surface area contributed by atoms with E-state index in [0.717, 1.165) is 0 Å². The van der Waals surface area contributed by atoms with Crippen molar-refractivity contribution in [3.63, 3.8) is 0 Å². The minimum atomic E-state index is -3.10. The molecule has 1 aromatic rings. The van der Waals surface area contributed by atoms with Gasteiger partial charge in [0.2, 0.25) is 5.91 Å². The molecule has 2 rings (SSSR count). The molecule has 3 amide bonds. The molecule has 4 N–H and O–H groups in total. The van der Waals surface area contributed by atoms with Crippen LogP contribution in [-0.4, -0.2) is 49.1 Å². The molecule has 1 saturated heterocycles. The largest absolute Gasteiger partial charge is 0.506 e. The average Bonchev–Trinajstić information content (AvgIpc) is 2.81. The molecule has 0 radical (unpaired) electrons. The summed E-state index contributed by atoms with van der Waals surface area (Å²) in [6.45, 7) is 1.46. The molecule has 1 aromatic carbocycles. The molecule has 0 aromatic heterocycles. The number of aromatic hydroxyl groups is 1. The summed E-state index contributed by atoms with van der Waals surface area (Å²) in [5.74, 6) is -0.762. The van der Waals surface area contributed by atoms with Gasteiger partial charge >= 0.3 is 6.03 Å². The molecule has 2 atom stereocenters. The van der Waals surface area contributed by atoms with Gasteiger partial charge in [-0.2, -0.15) is 0 Å². The number of carbonyl (C=O) groups excluding carboxylic acids is 2. The Kier molecular flexibility index (Phi) is 5.55. The predicted octanol–water partition coefficient (Wildman–Crippen LogP) is 0.859. The van der Waals surface area contributed by atoms with Gasteiger partial charge in [0.05, 0.1) is 17.2 Å². The van der Waals surface area contributed by atoms with Gasteiger partial charge in [-0.25, -0.2) is 13.2 Å². The number of phenolic OH excluding ortho intramolecular Hbond substituents is 1. The van der Waals surface area contributed by atoms with E-state index in [2.05, 4.69) is 16.0 Å². The summed E-state index contributed by atoms with van der Waals surface area (Å²) in [5, 5.41) is 17.4. The van der Waals surface area contributed by atoms with Crippen molar-refractivity contribution >= 4 is 39.1 Å². The highest BCUT2D eigenvalue weighted by atomic mass is 35.5. The second-order valence-electron chi connectivity index (χ2n) is 5.59. The fourth-order valence-corrected chi connectivity index (χ4v) is 4.09. The van der Waals surface area contributed by atoms with E-state index < -0.39 is 33.9 Å². The number of hydrogen-bond acceptors (Lipinski definition) is 5. The Labute approximate surface area is 144 Å². The Morgan fingerprint density at radius 2 is 2.08 bits per heavy atom. The zero-order valence-corrected chi connectivity index (χ0v) is 14.4. The average molecular weight is 376 g/mol. The lowest BCUT2D eigenvalue weighted by Crippen LogP contribution is -2.49. The molecule has 0 bridgehead atoms. The molecule has 0 aliphatic carbocycles. The molecule has 1 aliphatic rings. The van der Waals surface area contributed by atoms with Crippen molar-refractivity contribution in [2.75, 3.05) is 16.8 Å². The molecule has 24 heavy (non-hydrogen) atoms. The number of urea groups is 1. The topological polar surface area (TPSA) is 125 Å². The van der Waals surface area contributed by atoms with Crippen molar-refractivity contribution in [1.29, 1.82) is 0 Å². The lowest BCUT2D eigenvalue weighted by molar-refractivity contribution is -0.117. The van der Waals surface area contributed by atoms with Crippen molar-refractivity contribution in [3.05, 3.63) is 23.2 Å². The van der Waals surface area contributed by atoms with Crippen LogP contribution < -0.4 is 16.0 Å². The van der Waals surface area contributed by atoms with Crippen LogP contribution in [0.3, 0.4) is 0 Å². The maximum absolute atomic E-state index is 12.0. The molecule has 132 valence electrons. The Morgan fingerprint density at radius 1 is 1.38 bits per heavy atom. The highest BCUT2D eigenvalue weighted by Crippen LogP contribution is 2.26. The molecular formula is C14H18ClN3O5S. The molecular weight excluding hydrogens is 358 g/mol. The number of phenols is 1. The third-order valence-corrected chi connectivity index (χ3v) is 5.53. The van der Waals surface area contributed by atoms with Crippen LogP contribution >= 0.6 is 11.6 Å². The van der Waals surface area contributed by atoms with Crippen molar-refractivity contribution < 1.29 is 23.1 Å². The van der Waals surface area contributed by atoms with Gasteiger partial charge < -0.3 is 21.1 Å². The second-order valence-corrected chi connectivity index (χ2v) is 8.26. The Morgan fingerprint density at radius 3 is 2.71 bits per heavy atom. The summed E-state index contributed by atoms with van der Waals surface area (Å²) < 4.78 is 22.7. The molecule has 0 unspecified atom stereocenters. The minimum absolute atomic E-state index is 0.0437. The van der Waals surface area contributed by atoms with Crippen LogP contribution in [0.5, 0.6) is 5.75 Å². The number of carbonyl (C=O) groups is 2. The molecule has 8 nitrogen and oxygen atoms in total. The van der Waals surface area contributed by atoms with E-state index in [0.29, 0.717) is 11.4 Å². The van der Waals surface area contributed by atoms with Crippen LogP contribution in [0.4, 0.5) is 10.5 Å². The van der Waals surface area contributed by atoms with Gasteiger partial charge in [-0.1, -0.05) is 11.6 Å². The number of halogens is 1. The van der Waals surface area contributed by atoms with Crippen LogP contribution in [-0.2, 0) is 14.6 Å². The SMILES string of the molecule is C[C@H](NC(=O)N[C@@H]1CCS(=O)(=O)C1)C(=O)Nc1cc(Cl)ccc1O. The van der Waals surface area contributed by atoms with Crippen LogP contribution in [0.2, 0.25) is 5.02 Å². The van der Waals surface area contributed by atoms with Crippen LogP contribution in [0.1, 0.15) is 13.3 Å². The number of sulfone groups is 1. The van der Waals surface area contributed by atoms with Gasteiger partial charge in [-0.05, 0) is 31.5 Å². The van der Waals surface area contributed by atoms with Gasteiger partial charge in [0.15, 0.2) is 9.84 Å². The predicted molar refractivity (Wildman–Crippen MR) is 89.9 cm³/mol. The van der Waals surface area contributed by atoms with Crippen molar-refractivity contribution in [2.24, 2.45) is 0 Å². The second kappa shape index (κ2) is 7.27. The van der Waals surface area contributed by atoms with E-state index in [4.69, 9.17) is 11.6 Å². The van der Waals surface area contributed by atoms with Crippen molar-refractivity contribution in [1.82, 2.24) is 10.6 Å². The molecule has 0 spiro atoms. The first-order chi connectivity index (χ1) is 11.2. The van der Waals surface area contributed by atoms with Gasteiger partial charge in [0.25, 0.3) is 0 Å².